The van der Waals surface area contributed by atoms with Crippen LogP contribution in [-0.2, 0) is 0 Å². The average molecular weight is 520 g/mol. The standard InChI is InChI=1S/C24H28BrF2N5O/c1-16-14-20(32-12-8-24(26,27)9-13-32)29-22(28-16)30-21(33)18-3-2-17(25)15-19(18)31-10-6-23(4-5-23)7-11-31/h2-3,14-15H,4-13H2,1H3,(H,28,29,30,33). The van der Waals surface area contributed by atoms with Crippen molar-refractivity contribution in [1.29, 1.82) is 0 Å². The van der Waals surface area contributed by atoms with E-state index in [0.29, 0.717) is 22.5 Å². The number of nitrogens with zero attached hydrogens (tertiary/aromatic N) is 4. The first-order valence-electron chi connectivity index (χ1n) is 11.6. The van der Waals surface area contributed by atoms with Crippen LogP contribution in [-0.4, -0.2) is 48.0 Å². The molecule has 2 aromatic rings. The van der Waals surface area contributed by atoms with Gasteiger partial charge in [0.15, 0.2) is 0 Å². The van der Waals surface area contributed by atoms with Gasteiger partial charge in [0.2, 0.25) is 5.95 Å². The highest BCUT2D eigenvalue weighted by Crippen LogP contribution is 2.54. The molecule has 0 atom stereocenters. The van der Waals surface area contributed by atoms with Crippen LogP contribution in [0.2, 0.25) is 0 Å². The molecule has 1 saturated carbocycles. The second kappa shape index (κ2) is 8.49. The summed E-state index contributed by atoms with van der Waals surface area (Å²) < 4.78 is 28.0. The first kappa shape index (κ1) is 22.5. The van der Waals surface area contributed by atoms with Gasteiger partial charge in [-0.2, -0.15) is 4.98 Å². The Labute approximate surface area is 200 Å². The highest BCUT2D eigenvalue weighted by atomic mass is 79.9. The summed E-state index contributed by atoms with van der Waals surface area (Å²) in [5, 5.41) is 2.84. The van der Waals surface area contributed by atoms with Crippen molar-refractivity contribution in [2.24, 2.45) is 5.41 Å². The zero-order chi connectivity index (χ0) is 23.2. The first-order valence-corrected chi connectivity index (χ1v) is 12.4. The molecule has 0 bridgehead atoms. The molecule has 1 aliphatic carbocycles. The molecule has 176 valence electrons. The van der Waals surface area contributed by atoms with Crippen LogP contribution in [0, 0.1) is 12.3 Å². The molecule has 9 heteroatoms. The van der Waals surface area contributed by atoms with Gasteiger partial charge in [-0.1, -0.05) is 15.9 Å². The molecule has 1 spiro atoms. The van der Waals surface area contributed by atoms with Gasteiger partial charge < -0.3 is 9.80 Å². The van der Waals surface area contributed by atoms with Crippen molar-refractivity contribution >= 4 is 39.3 Å². The number of aryl methyl sites for hydroxylation is 1. The van der Waals surface area contributed by atoms with Crippen molar-refractivity contribution in [3.63, 3.8) is 0 Å². The SMILES string of the molecule is Cc1cc(N2CCC(F)(F)CC2)nc(NC(=O)c2ccc(Br)cc2N2CCC3(CC2)CC3)n1. The lowest BCUT2D eigenvalue weighted by atomic mass is 9.93. The zero-order valence-corrected chi connectivity index (χ0v) is 20.3. The van der Waals surface area contributed by atoms with Crippen molar-refractivity contribution in [2.75, 3.05) is 41.3 Å². The van der Waals surface area contributed by atoms with Crippen LogP contribution in [0.3, 0.4) is 0 Å². The van der Waals surface area contributed by atoms with Gasteiger partial charge in [-0.05, 0) is 56.2 Å². The topological polar surface area (TPSA) is 61.4 Å². The average Bonchev–Trinajstić information content (AvgIpc) is 3.52. The van der Waals surface area contributed by atoms with E-state index in [9.17, 15) is 13.6 Å². The second-order valence-electron chi connectivity index (χ2n) is 9.64. The molecule has 1 amide bonds. The van der Waals surface area contributed by atoms with E-state index in [1.54, 1.807) is 6.07 Å². The van der Waals surface area contributed by atoms with E-state index in [1.807, 2.05) is 30.0 Å². The molecule has 1 N–H and O–H groups in total. The Balaban J connectivity index is 1.34. The lowest BCUT2D eigenvalue weighted by Crippen LogP contribution is -2.40. The third kappa shape index (κ3) is 4.98. The van der Waals surface area contributed by atoms with Crippen LogP contribution in [0.4, 0.5) is 26.2 Å². The van der Waals surface area contributed by atoms with Gasteiger partial charge >= 0.3 is 0 Å². The molecule has 1 aromatic heterocycles. The number of amides is 1. The largest absolute Gasteiger partial charge is 0.371 e. The molecule has 0 radical (unpaired) electrons. The molecule has 1 aromatic carbocycles. The predicted molar refractivity (Wildman–Crippen MR) is 128 cm³/mol. The summed E-state index contributed by atoms with van der Waals surface area (Å²) in [6, 6.07) is 7.45. The second-order valence-corrected chi connectivity index (χ2v) is 10.6. The number of benzene rings is 1. The minimum Gasteiger partial charge on any atom is -0.371 e. The summed E-state index contributed by atoms with van der Waals surface area (Å²) >= 11 is 3.54. The Morgan fingerprint density at radius 1 is 0.970 bits per heavy atom. The van der Waals surface area contributed by atoms with E-state index in [4.69, 9.17) is 0 Å². The number of rotatable bonds is 4. The molecule has 5 rings (SSSR count). The lowest BCUT2D eigenvalue weighted by molar-refractivity contribution is -0.0221. The maximum absolute atomic E-state index is 13.6. The van der Waals surface area contributed by atoms with Gasteiger partial charge in [0.25, 0.3) is 11.8 Å². The highest BCUT2D eigenvalue weighted by molar-refractivity contribution is 9.10. The van der Waals surface area contributed by atoms with Gasteiger partial charge in [0, 0.05) is 55.3 Å². The van der Waals surface area contributed by atoms with Crippen molar-refractivity contribution in [3.8, 4) is 0 Å². The summed E-state index contributed by atoms with van der Waals surface area (Å²) in [5.74, 6) is -2.14. The van der Waals surface area contributed by atoms with E-state index in [2.05, 4.69) is 36.1 Å². The van der Waals surface area contributed by atoms with E-state index >= 15 is 0 Å². The number of alkyl halides is 2. The van der Waals surface area contributed by atoms with Crippen LogP contribution in [0.25, 0.3) is 0 Å². The van der Waals surface area contributed by atoms with E-state index in [0.717, 1.165) is 23.2 Å². The monoisotopic (exact) mass is 519 g/mol. The Kier molecular flexibility index (Phi) is 5.79. The number of halogens is 3. The smallest absolute Gasteiger partial charge is 0.260 e. The van der Waals surface area contributed by atoms with Crippen LogP contribution < -0.4 is 15.1 Å². The van der Waals surface area contributed by atoms with Gasteiger partial charge in [0.1, 0.15) is 5.82 Å². The zero-order valence-electron chi connectivity index (χ0n) is 18.7. The number of nitrogens with one attached hydrogen (secondary N) is 1. The normalized spacial score (nSPS) is 21.2. The minimum absolute atomic E-state index is 0.191. The Bertz CT molecular complexity index is 1050. The number of aromatic nitrogens is 2. The van der Waals surface area contributed by atoms with Crippen LogP contribution in [0.1, 0.15) is 54.6 Å². The number of carbonyl (C=O) groups excluding carboxylic acids is 1. The van der Waals surface area contributed by atoms with Crippen LogP contribution in [0.5, 0.6) is 0 Å². The fourth-order valence-electron chi connectivity index (χ4n) is 4.86. The molecular formula is C24H28BrF2N5O. The third-order valence-corrected chi connectivity index (χ3v) is 7.70. The van der Waals surface area contributed by atoms with Gasteiger partial charge in [-0.25, -0.2) is 13.8 Å². The maximum atomic E-state index is 13.6. The molecule has 3 fully saturated rings. The fourth-order valence-corrected chi connectivity index (χ4v) is 5.21. The lowest BCUT2D eigenvalue weighted by Gasteiger charge is -2.35. The van der Waals surface area contributed by atoms with Gasteiger partial charge in [-0.15, -0.1) is 0 Å². The number of hydrogen-bond acceptors (Lipinski definition) is 5. The Hall–Kier alpha value is -2.29. The molecule has 3 heterocycles. The number of piperidine rings is 2. The number of hydrogen-bond donors (Lipinski definition) is 1. The summed E-state index contributed by atoms with van der Waals surface area (Å²) in [4.78, 5) is 26.2. The summed E-state index contributed by atoms with van der Waals surface area (Å²) in [6.45, 7) is 4.16. The molecule has 2 aliphatic heterocycles. The molecule has 2 saturated heterocycles. The minimum atomic E-state index is -2.62. The van der Waals surface area contributed by atoms with Crippen LogP contribution in [0.15, 0.2) is 28.7 Å². The van der Waals surface area contributed by atoms with Gasteiger partial charge in [0.05, 0.1) is 11.3 Å². The molecule has 3 aliphatic rings. The quantitative estimate of drug-likeness (QED) is 0.584. The summed E-state index contributed by atoms with van der Waals surface area (Å²) in [7, 11) is 0. The van der Waals surface area contributed by atoms with Crippen LogP contribution >= 0.6 is 15.9 Å². The fraction of sp³-hybridized carbons (Fsp3) is 0.542. The molecule has 33 heavy (non-hydrogen) atoms. The summed E-state index contributed by atoms with van der Waals surface area (Å²) in [5.41, 5.74) is 2.71. The number of carbonyl (C=O) groups is 1. The molecular weight excluding hydrogens is 492 g/mol. The Morgan fingerprint density at radius 2 is 1.64 bits per heavy atom. The van der Waals surface area contributed by atoms with E-state index < -0.39 is 5.92 Å². The Morgan fingerprint density at radius 3 is 2.30 bits per heavy atom. The third-order valence-electron chi connectivity index (χ3n) is 7.21. The number of anilines is 3. The van der Waals surface area contributed by atoms with Crippen molar-refractivity contribution in [2.45, 2.75) is 51.4 Å². The molecule has 0 unspecified atom stereocenters. The molecule has 6 nitrogen and oxygen atoms in total. The maximum Gasteiger partial charge on any atom is 0.260 e. The van der Waals surface area contributed by atoms with Crippen molar-refractivity contribution < 1.29 is 13.6 Å². The predicted octanol–water partition coefficient (Wildman–Crippen LogP) is 5.42. The highest BCUT2D eigenvalue weighted by Gasteiger charge is 2.44. The first-order chi connectivity index (χ1) is 15.7. The van der Waals surface area contributed by atoms with Gasteiger partial charge in [-0.3, -0.25) is 10.1 Å². The van der Waals surface area contributed by atoms with E-state index in [-0.39, 0.29) is 37.8 Å². The summed E-state index contributed by atoms with van der Waals surface area (Å²) in [6.07, 6.45) is 4.59. The van der Waals surface area contributed by atoms with Crippen molar-refractivity contribution in [3.05, 3.63) is 40.0 Å². The van der Waals surface area contributed by atoms with E-state index in [1.165, 1.54) is 25.7 Å². The van der Waals surface area contributed by atoms with Crippen molar-refractivity contribution in [1.82, 2.24) is 9.97 Å².